The Balaban J connectivity index is 2.19. The number of aryl methyl sites for hydroxylation is 1. The highest BCUT2D eigenvalue weighted by Crippen LogP contribution is 2.16. The van der Waals surface area contributed by atoms with Crippen molar-refractivity contribution in [2.75, 3.05) is 6.54 Å². The summed E-state index contributed by atoms with van der Waals surface area (Å²) < 4.78 is 1.77. The van der Waals surface area contributed by atoms with Crippen LogP contribution < -0.4 is 5.32 Å². The first-order valence-electron chi connectivity index (χ1n) is 6.56. The Morgan fingerprint density at radius 2 is 2.26 bits per heavy atom. The Labute approximate surface area is 117 Å². The average molecular weight is 280 g/mol. The predicted molar refractivity (Wildman–Crippen MR) is 76.8 cm³/mol. The van der Waals surface area contributed by atoms with Crippen molar-refractivity contribution in [2.24, 2.45) is 0 Å². The van der Waals surface area contributed by atoms with E-state index >= 15 is 0 Å². The number of hydrogen-bond donors (Lipinski definition) is 1. The molecule has 0 aliphatic heterocycles. The molecule has 1 amide bonds. The summed E-state index contributed by atoms with van der Waals surface area (Å²) in [6.45, 7) is 4.68. The number of carbonyl (C=O) groups excluding carboxylic acids is 1. The third kappa shape index (κ3) is 3.07. The van der Waals surface area contributed by atoms with E-state index in [0.717, 1.165) is 25.0 Å². The highest BCUT2D eigenvalue weighted by molar-refractivity contribution is 6.30. The maximum atomic E-state index is 12.2. The standard InChI is InChI=1S/C14H18ClN3O/c1-3-4-5-7-16-14(19)13-10(2)17-12-9-11(15)6-8-18(12)13/h6,8-9H,3-5,7H2,1-2H3,(H,16,19). The van der Waals surface area contributed by atoms with Gasteiger partial charge in [-0.05, 0) is 19.4 Å². The number of halogens is 1. The topological polar surface area (TPSA) is 46.4 Å². The lowest BCUT2D eigenvalue weighted by Crippen LogP contribution is -2.26. The molecular formula is C14H18ClN3O. The molecule has 1 N–H and O–H groups in total. The summed E-state index contributed by atoms with van der Waals surface area (Å²) in [5.74, 6) is -0.0802. The quantitative estimate of drug-likeness (QED) is 0.854. The predicted octanol–water partition coefficient (Wildman–Crippen LogP) is 3.22. The number of fused-ring (bicyclic) bond motifs is 1. The van der Waals surface area contributed by atoms with Gasteiger partial charge in [-0.3, -0.25) is 9.20 Å². The van der Waals surface area contributed by atoms with Gasteiger partial charge in [0.2, 0.25) is 0 Å². The number of aromatic nitrogens is 2. The van der Waals surface area contributed by atoms with Crippen molar-refractivity contribution < 1.29 is 4.79 Å². The molecule has 2 heterocycles. The molecule has 0 aromatic carbocycles. The third-order valence-corrected chi connectivity index (χ3v) is 3.28. The second kappa shape index (κ2) is 6.06. The van der Waals surface area contributed by atoms with E-state index in [1.807, 2.05) is 6.92 Å². The van der Waals surface area contributed by atoms with Crippen LogP contribution in [-0.4, -0.2) is 21.8 Å². The van der Waals surface area contributed by atoms with Gasteiger partial charge in [0, 0.05) is 23.8 Å². The normalized spacial score (nSPS) is 10.9. The largest absolute Gasteiger partial charge is 0.351 e. The molecule has 2 aromatic heterocycles. The van der Waals surface area contributed by atoms with Crippen LogP contribution in [0.15, 0.2) is 18.3 Å². The minimum absolute atomic E-state index is 0.0802. The van der Waals surface area contributed by atoms with Gasteiger partial charge in [0.1, 0.15) is 11.3 Å². The Kier molecular flexibility index (Phi) is 4.43. The van der Waals surface area contributed by atoms with Gasteiger partial charge in [-0.1, -0.05) is 31.4 Å². The Bertz CT molecular complexity index is 592. The first-order chi connectivity index (χ1) is 9.13. The van der Waals surface area contributed by atoms with Crippen LogP contribution in [0.25, 0.3) is 5.65 Å². The van der Waals surface area contributed by atoms with Gasteiger partial charge in [-0.15, -0.1) is 0 Å². The number of unbranched alkanes of at least 4 members (excludes halogenated alkanes) is 2. The summed E-state index contributed by atoms with van der Waals surface area (Å²) in [4.78, 5) is 16.5. The smallest absolute Gasteiger partial charge is 0.270 e. The molecule has 0 saturated heterocycles. The number of rotatable bonds is 5. The average Bonchev–Trinajstić information content (AvgIpc) is 2.69. The van der Waals surface area contributed by atoms with E-state index in [4.69, 9.17) is 11.6 Å². The van der Waals surface area contributed by atoms with Crippen molar-refractivity contribution in [3.63, 3.8) is 0 Å². The summed E-state index contributed by atoms with van der Waals surface area (Å²) in [6.07, 6.45) is 5.05. The number of hydrogen-bond acceptors (Lipinski definition) is 2. The summed E-state index contributed by atoms with van der Waals surface area (Å²) in [5.41, 5.74) is 2.00. The summed E-state index contributed by atoms with van der Waals surface area (Å²) >= 11 is 5.92. The van der Waals surface area contributed by atoms with Crippen molar-refractivity contribution in [3.8, 4) is 0 Å². The Morgan fingerprint density at radius 3 is 3.00 bits per heavy atom. The van der Waals surface area contributed by atoms with Crippen LogP contribution in [0.5, 0.6) is 0 Å². The van der Waals surface area contributed by atoms with E-state index in [0.29, 0.717) is 22.9 Å². The molecule has 4 nitrogen and oxygen atoms in total. The number of nitrogens with zero attached hydrogens (tertiary/aromatic N) is 2. The van der Waals surface area contributed by atoms with Gasteiger partial charge in [0.15, 0.2) is 0 Å². The highest BCUT2D eigenvalue weighted by Gasteiger charge is 2.15. The minimum atomic E-state index is -0.0802. The lowest BCUT2D eigenvalue weighted by atomic mass is 10.2. The molecule has 0 bridgehead atoms. The van der Waals surface area contributed by atoms with Crippen molar-refractivity contribution in [2.45, 2.75) is 33.1 Å². The van der Waals surface area contributed by atoms with Gasteiger partial charge in [0.05, 0.1) is 5.69 Å². The van der Waals surface area contributed by atoms with Crippen molar-refractivity contribution in [1.29, 1.82) is 0 Å². The first kappa shape index (κ1) is 13.9. The van der Waals surface area contributed by atoms with Gasteiger partial charge in [-0.25, -0.2) is 4.98 Å². The fourth-order valence-corrected chi connectivity index (χ4v) is 2.23. The Morgan fingerprint density at radius 1 is 1.47 bits per heavy atom. The zero-order chi connectivity index (χ0) is 13.8. The van der Waals surface area contributed by atoms with Crippen LogP contribution in [0.3, 0.4) is 0 Å². The zero-order valence-corrected chi connectivity index (χ0v) is 12.0. The minimum Gasteiger partial charge on any atom is -0.351 e. The van der Waals surface area contributed by atoms with Crippen LogP contribution >= 0.6 is 11.6 Å². The van der Waals surface area contributed by atoms with Crippen LogP contribution in [0.1, 0.15) is 42.4 Å². The lowest BCUT2D eigenvalue weighted by Gasteiger charge is -2.05. The molecule has 19 heavy (non-hydrogen) atoms. The molecule has 102 valence electrons. The number of amides is 1. The van der Waals surface area contributed by atoms with Crippen LogP contribution in [-0.2, 0) is 0 Å². The number of imidazole rings is 1. The number of carbonyl (C=O) groups is 1. The van der Waals surface area contributed by atoms with Crippen LogP contribution in [0.2, 0.25) is 5.02 Å². The van der Waals surface area contributed by atoms with E-state index in [1.54, 1.807) is 22.7 Å². The molecule has 0 spiro atoms. The lowest BCUT2D eigenvalue weighted by molar-refractivity contribution is 0.0946. The van der Waals surface area contributed by atoms with E-state index in [2.05, 4.69) is 17.2 Å². The van der Waals surface area contributed by atoms with Crippen molar-refractivity contribution in [3.05, 3.63) is 34.7 Å². The highest BCUT2D eigenvalue weighted by atomic mass is 35.5. The third-order valence-electron chi connectivity index (χ3n) is 3.04. The van der Waals surface area contributed by atoms with Crippen molar-refractivity contribution in [1.82, 2.24) is 14.7 Å². The molecule has 0 radical (unpaired) electrons. The molecule has 0 saturated carbocycles. The van der Waals surface area contributed by atoms with Gasteiger partial charge in [-0.2, -0.15) is 0 Å². The van der Waals surface area contributed by atoms with E-state index in [1.165, 1.54) is 0 Å². The first-order valence-corrected chi connectivity index (χ1v) is 6.93. The van der Waals surface area contributed by atoms with Gasteiger partial charge in [0.25, 0.3) is 5.91 Å². The maximum absolute atomic E-state index is 12.2. The number of nitrogens with one attached hydrogen (secondary N) is 1. The molecule has 5 heteroatoms. The van der Waals surface area contributed by atoms with Crippen LogP contribution in [0.4, 0.5) is 0 Å². The SMILES string of the molecule is CCCCCNC(=O)c1c(C)nc2cc(Cl)ccn12. The van der Waals surface area contributed by atoms with Gasteiger partial charge < -0.3 is 5.32 Å². The molecule has 0 aliphatic rings. The monoisotopic (exact) mass is 279 g/mol. The molecular weight excluding hydrogens is 262 g/mol. The summed E-state index contributed by atoms with van der Waals surface area (Å²) in [6, 6.07) is 3.51. The molecule has 0 unspecified atom stereocenters. The fraction of sp³-hybridized carbons (Fsp3) is 0.429. The van der Waals surface area contributed by atoms with E-state index in [9.17, 15) is 4.79 Å². The van der Waals surface area contributed by atoms with Gasteiger partial charge >= 0.3 is 0 Å². The zero-order valence-electron chi connectivity index (χ0n) is 11.2. The van der Waals surface area contributed by atoms with E-state index < -0.39 is 0 Å². The summed E-state index contributed by atoms with van der Waals surface area (Å²) in [7, 11) is 0. The molecule has 2 rings (SSSR count). The Hall–Kier alpha value is -1.55. The number of pyridine rings is 1. The van der Waals surface area contributed by atoms with Crippen molar-refractivity contribution >= 4 is 23.2 Å². The maximum Gasteiger partial charge on any atom is 0.270 e. The molecule has 0 aliphatic carbocycles. The second-order valence-corrected chi connectivity index (χ2v) is 5.02. The molecule has 0 fully saturated rings. The second-order valence-electron chi connectivity index (χ2n) is 4.58. The molecule has 0 atom stereocenters. The molecule has 2 aromatic rings. The van der Waals surface area contributed by atoms with E-state index in [-0.39, 0.29) is 5.91 Å². The fourth-order valence-electron chi connectivity index (χ4n) is 2.07. The van der Waals surface area contributed by atoms with Crippen LogP contribution in [0, 0.1) is 6.92 Å². The summed E-state index contributed by atoms with van der Waals surface area (Å²) in [5, 5.41) is 3.55.